The summed E-state index contributed by atoms with van der Waals surface area (Å²) in [5, 5.41) is 13.3. The second-order valence-electron chi connectivity index (χ2n) is 10.4. The highest BCUT2D eigenvalue weighted by molar-refractivity contribution is 7.90. The van der Waals surface area contributed by atoms with E-state index in [9.17, 15) is 18.5 Å². The van der Waals surface area contributed by atoms with E-state index in [1.807, 2.05) is 54.6 Å². The third-order valence-electron chi connectivity index (χ3n) is 6.86. The Bertz CT molecular complexity index is 1610. The maximum Gasteiger partial charge on any atom is 0.410 e. The van der Waals surface area contributed by atoms with Gasteiger partial charge in [-0.3, -0.25) is 0 Å². The van der Waals surface area contributed by atoms with Gasteiger partial charge in [0, 0.05) is 36.6 Å². The van der Waals surface area contributed by atoms with E-state index in [-0.39, 0.29) is 50.3 Å². The monoisotopic (exact) mass is 655 g/mol. The predicted molar refractivity (Wildman–Crippen MR) is 173 cm³/mol. The molecule has 0 bridgehead atoms. The van der Waals surface area contributed by atoms with Gasteiger partial charge in [-0.05, 0) is 53.8 Å². The minimum atomic E-state index is -3.29. The number of imidazole rings is 1. The van der Waals surface area contributed by atoms with Crippen molar-refractivity contribution < 1.29 is 17.9 Å². The molecule has 1 heterocycles. The van der Waals surface area contributed by atoms with Gasteiger partial charge in [0.2, 0.25) is 0 Å². The minimum absolute atomic E-state index is 0. The first-order chi connectivity index (χ1) is 20.7. The molecule has 12 heteroatoms. The zero-order valence-electron chi connectivity index (χ0n) is 24.2. The van der Waals surface area contributed by atoms with Gasteiger partial charge in [0.05, 0.1) is 35.4 Å². The van der Waals surface area contributed by atoms with E-state index in [0.717, 1.165) is 22.4 Å². The fourth-order valence-corrected chi connectivity index (χ4v) is 5.60. The molecule has 4 aromatic rings. The van der Waals surface area contributed by atoms with Crippen molar-refractivity contribution in [2.75, 3.05) is 18.6 Å². The smallest absolute Gasteiger partial charge is 0.410 e. The Labute approximate surface area is 269 Å². The molecule has 0 saturated carbocycles. The number of nitrogens with zero attached hydrogens (tertiary/aromatic N) is 3. The van der Waals surface area contributed by atoms with Crippen molar-refractivity contribution in [3.05, 3.63) is 124 Å². The lowest BCUT2D eigenvalue weighted by Gasteiger charge is -2.31. The number of amides is 1. The third-order valence-corrected chi connectivity index (χ3v) is 8.07. The van der Waals surface area contributed by atoms with Gasteiger partial charge in [-0.1, -0.05) is 66.2 Å². The number of aromatic amines is 1. The lowest BCUT2D eigenvalue weighted by atomic mass is 10.0. The molecular weight excluding hydrogens is 621 g/mol. The van der Waals surface area contributed by atoms with Crippen LogP contribution in [0.25, 0.3) is 0 Å². The maximum atomic E-state index is 13.5. The number of nitrogens with one attached hydrogen (secondary N) is 2. The molecule has 1 aromatic heterocycles. The third kappa shape index (κ3) is 11.3. The van der Waals surface area contributed by atoms with E-state index in [2.05, 4.69) is 21.4 Å². The van der Waals surface area contributed by atoms with Crippen LogP contribution in [0.3, 0.4) is 0 Å². The molecule has 4 rings (SSSR count). The fraction of sp³-hybridized carbons (Fsp3) is 0.281. The minimum Gasteiger partial charge on any atom is -0.445 e. The molecular formula is C32H35Cl2N5O4S. The molecule has 2 atom stereocenters. The number of halogens is 2. The lowest BCUT2D eigenvalue weighted by molar-refractivity contribution is 0.0887. The second kappa shape index (κ2) is 16.8. The van der Waals surface area contributed by atoms with E-state index >= 15 is 0 Å². The summed E-state index contributed by atoms with van der Waals surface area (Å²) < 4.78 is 30.1. The highest BCUT2D eigenvalue weighted by Crippen LogP contribution is 2.20. The predicted octanol–water partition coefficient (Wildman–Crippen LogP) is 5.87. The number of H-pyrrole nitrogens is 1. The topological polar surface area (TPSA) is 128 Å². The van der Waals surface area contributed by atoms with Crippen LogP contribution >= 0.6 is 24.0 Å². The molecule has 2 N–H and O–H groups in total. The summed E-state index contributed by atoms with van der Waals surface area (Å²) in [7, 11) is -3.29. The van der Waals surface area contributed by atoms with E-state index < -0.39 is 22.0 Å². The molecule has 232 valence electrons. The summed E-state index contributed by atoms with van der Waals surface area (Å²) in [5.74, 6) is -0.0682. The van der Waals surface area contributed by atoms with Gasteiger partial charge >= 0.3 is 6.09 Å². The summed E-state index contributed by atoms with van der Waals surface area (Å²) >= 11 is 6.24. The summed E-state index contributed by atoms with van der Waals surface area (Å²) in [6.45, 7) is 0.492. The normalized spacial score (nSPS) is 12.4. The van der Waals surface area contributed by atoms with Crippen LogP contribution in [0.1, 0.15) is 40.4 Å². The standard InChI is InChI=1S/C32H34ClN5O4S.ClH/c1-43(40,41)15-14-29(37-30(31-19-35-23-36-31)17-24-10-12-25(18-34)13-11-24)21-38(20-27-8-5-9-28(33)16-27)32(39)42-22-26-6-3-2-4-7-26;/h2-13,16,19,23,29-30,37H,14-15,17,20-22H2,1H3,(H,35,36);1H/t29?,30-;/m0./s1. The highest BCUT2D eigenvalue weighted by Gasteiger charge is 2.26. The van der Waals surface area contributed by atoms with Crippen LogP contribution in [0.4, 0.5) is 4.79 Å². The summed E-state index contributed by atoms with van der Waals surface area (Å²) in [6, 6.07) is 25.4. The van der Waals surface area contributed by atoms with Crippen molar-refractivity contribution in [1.82, 2.24) is 20.2 Å². The number of ether oxygens (including phenoxy) is 1. The Kier molecular flexibility index (Phi) is 13.2. The van der Waals surface area contributed by atoms with Crippen LogP contribution in [-0.4, -0.2) is 54.0 Å². The summed E-state index contributed by atoms with van der Waals surface area (Å²) in [4.78, 5) is 22.4. The van der Waals surface area contributed by atoms with E-state index in [0.29, 0.717) is 17.0 Å². The maximum absolute atomic E-state index is 13.5. The van der Waals surface area contributed by atoms with Crippen LogP contribution in [-0.2, 0) is 34.1 Å². The summed E-state index contributed by atoms with van der Waals surface area (Å²) in [5.41, 5.74) is 4.01. The number of sulfone groups is 1. The molecule has 0 aliphatic rings. The van der Waals surface area contributed by atoms with Crippen molar-refractivity contribution in [2.45, 2.75) is 38.1 Å². The number of benzene rings is 3. The van der Waals surface area contributed by atoms with Gasteiger partial charge in [0.25, 0.3) is 0 Å². The van der Waals surface area contributed by atoms with Gasteiger partial charge in [-0.25, -0.2) is 18.2 Å². The highest BCUT2D eigenvalue weighted by atomic mass is 35.5. The molecule has 0 aliphatic carbocycles. The van der Waals surface area contributed by atoms with Crippen molar-refractivity contribution in [3.63, 3.8) is 0 Å². The van der Waals surface area contributed by atoms with E-state index in [1.54, 1.807) is 41.7 Å². The number of hydrogen-bond donors (Lipinski definition) is 2. The van der Waals surface area contributed by atoms with Crippen molar-refractivity contribution in [3.8, 4) is 6.07 Å². The Balaban J connectivity index is 0.00000529. The molecule has 1 unspecified atom stereocenters. The molecule has 0 saturated heterocycles. The van der Waals surface area contributed by atoms with Crippen LogP contribution in [0, 0.1) is 11.3 Å². The van der Waals surface area contributed by atoms with E-state index in [1.165, 1.54) is 6.26 Å². The second-order valence-corrected chi connectivity index (χ2v) is 13.1. The van der Waals surface area contributed by atoms with Crippen LogP contribution < -0.4 is 5.32 Å². The van der Waals surface area contributed by atoms with Gasteiger partial charge in [0.15, 0.2) is 0 Å². The molecule has 0 spiro atoms. The summed E-state index contributed by atoms with van der Waals surface area (Å²) in [6.07, 6.45) is 4.77. The van der Waals surface area contributed by atoms with Crippen molar-refractivity contribution in [2.24, 2.45) is 0 Å². The average Bonchev–Trinajstić information content (AvgIpc) is 3.54. The van der Waals surface area contributed by atoms with Crippen LogP contribution in [0.5, 0.6) is 0 Å². The number of hydrogen-bond acceptors (Lipinski definition) is 7. The number of nitriles is 1. The Morgan fingerprint density at radius 2 is 1.80 bits per heavy atom. The number of carbonyl (C=O) groups excluding carboxylic acids is 1. The first-order valence-corrected chi connectivity index (χ1v) is 16.2. The van der Waals surface area contributed by atoms with Gasteiger partial charge in [-0.2, -0.15) is 5.26 Å². The zero-order valence-corrected chi connectivity index (χ0v) is 26.6. The first kappa shape index (κ1) is 34.6. The molecule has 44 heavy (non-hydrogen) atoms. The zero-order chi connectivity index (χ0) is 30.7. The number of aromatic nitrogens is 2. The Morgan fingerprint density at radius 1 is 1.07 bits per heavy atom. The van der Waals surface area contributed by atoms with Crippen LogP contribution in [0.15, 0.2) is 91.4 Å². The molecule has 1 amide bonds. The SMILES string of the molecule is CS(=O)(=O)CCC(CN(Cc1cccc(Cl)c1)C(=O)OCc1ccccc1)N[C@@H](Cc1ccc(C#N)cc1)c1cnc[nH]1.Cl. The van der Waals surface area contributed by atoms with Gasteiger partial charge in [-0.15, -0.1) is 12.4 Å². The van der Waals surface area contributed by atoms with Gasteiger partial charge in [0.1, 0.15) is 16.4 Å². The van der Waals surface area contributed by atoms with Crippen molar-refractivity contribution >= 4 is 39.9 Å². The molecule has 0 radical (unpaired) electrons. The number of rotatable bonds is 14. The Hall–Kier alpha value is -3.88. The fourth-order valence-electron chi connectivity index (χ4n) is 4.67. The quantitative estimate of drug-likeness (QED) is 0.174. The van der Waals surface area contributed by atoms with Crippen molar-refractivity contribution in [1.29, 1.82) is 5.26 Å². The molecule has 3 aromatic carbocycles. The largest absolute Gasteiger partial charge is 0.445 e. The first-order valence-electron chi connectivity index (χ1n) is 13.8. The van der Waals surface area contributed by atoms with Gasteiger partial charge < -0.3 is 19.9 Å². The van der Waals surface area contributed by atoms with Crippen LogP contribution in [0.2, 0.25) is 5.02 Å². The molecule has 0 aliphatic heterocycles. The lowest BCUT2D eigenvalue weighted by Crippen LogP contribution is -2.46. The molecule has 9 nitrogen and oxygen atoms in total. The molecule has 0 fully saturated rings. The Morgan fingerprint density at radius 3 is 2.43 bits per heavy atom. The average molecular weight is 657 g/mol. The number of carbonyl (C=O) groups is 1. The van der Waals surface area contributed by atoms with E-state index in [4.69, 9.17) is 16.3 Å².